The van der Waals surface area contributed by atoms with Gasteiger partial charge in [-0.05, 0) is 0 Å². The molecule has 0 radical (unpaired) electrons. The Hall–Kier alpha value is -0.370. The van der Waals surface area contributed by atoms with Crippen LogP contribution in [0.2, 0.25) is 0 Å². The summed E-state index contributed by atoms with van der Waals surface area (Å²) in [5.41, 5.74) is 0. The second-order valence-electron chi connectivity index (χ2n) is 2.63. The molecule has 1 atom stereocenters. The van der Waals surface area contributed by atoms with Gasteiger partial charge in [-0.1, -0.05) is 0 Å². The predicted octanol–water partition coefficient (Wildman–Crippen LogP) is -0.837. The maximum absolute atomic E-state index is 11.1. The van der Waals surface area contributed by atoms with Gasteiger partial charge in [-0.25, -0.2) is 4.72 Å². The van der Waals surface area contributed by atoms with Crippen molar-refractivity contribution < 1.29 is 17.9 Å². The van der Waals surface area contributed by atoms with Crippen molar-refractivity contribution in [1.82, 2.24) is 9.03 Å². The predicted molar refractivity (Wildman–Crippen MR) is 52.3 cm³/mol. The van der Waals surface area contributed by atoms with Crippen molar-refractivity contribution in [3.63, 3.8) is 0 Å². The molecule has 0 spiro atoms. The number of halogens is 1. The fourth-order valence-corrected chi connectivity index (χ4v) is 1.41. The van der Waals surface area contributed by atoms with Gasteiger partial charge in [0.1, 0.15) is 5.38 Å². The van der Waals surface area contributed by atoms with Crippen molar-refractivity contribution in [2.45, 2.75) is 5.38 Å². The van der Waals surface area contributed by atoms with Gasteiger partial charge >= 0.3 is 5.97 Å². The number of rotatable bonds is 5. The number of alkyl halides is 1. The Kier molecular flexibility index (Phi) is 5.35. The molecule has 0 fully saturated rings. The molecule has 6 nitrogen and oxygen atoms in total. The van der Waals surface area contributed by atoms with E-state index in [0.717, 1.165) is 4.31 Å². The van der Waals surface area contributed by atoms with Crippen molar-refractivity contribution in [3.8, 4) is 0 Å². The minimum atomic E-state index is -3.54. The summed E-state index contributed by atoms with van der Waals surface area (Å²) < 4.78 is 29.7. The number of ether oxygens (including phenoxy) is 1. The Morgan fingerprint density at radius 3 is 2.43 bits per heavy atom. The van der Waals surface area contributed by atoms with Crippen LogP contribution in [0, 0.1) is 0 Å². The van der Waals surface area contributed by atoms with Crippen molar-refractivity contribution in [1.29, 1.82) is 0 Å². The third kappa shape index (κ3) is 4.23. The van der Waals surface area contributed by atoms with E-state index in [2.05, 4.69) is 9.46 Å². The highest BCUT2D eigenvalue weighted by molar-refractivity contribution is 7.87. The van der Waals surface area contributed by atoms with E-state index in [0.29, 0.717) is 0 Å². The van der Waals surface area contributed by atoms with Crippen LogP contribution in [0.25, 0.3) is 0 Å². The number of methoxy groups -OCH3 is 1. The zero-order chi connectivity index (χ0) is 11.4. The fourth-order valence-electron chi connectivity index (χ4n) is 0.519. The Morgan fingerprint density at radius 1 is 1.57 bits per heavy atom. The summed E-state index contributed by atoms with van der Waals surface area (Å²) in [5, 5.41) is -1.02. The van der Waals surface area contributed by atoms with Crippen LogP contribution in [-0.2, 0) is 19.7 Å². The van der Waals surface area contributed by atoms with Gasteiger partial charge in [-0.3, -0.25) is 4.79 Å². The van der Waals surface area contributed by atoms with Crippen LogP contribution in [0.3, 0.4) is 0 Å². The monoisotopic (exact) mass is 244 g/mol. The smallest absolute Gasteiger partial charge is 0.325 e. The van der Waals surface area contributed by atoms with E-state index in [1.807, 2.05) is 0 Å². The molecule has 0 aliphatic rings. The third-order valence-electron chi connectivity index (χ3n) is 1.38. The number of nitrogens with zero attached hydrogens (tertiary/aromatic N) is 1. The van der Waals surface area contributed by atoms with E-state index in [4.69, 9.17) is 11.6 Å². The molecule has 1 N–H and O–H groups in total. The lowest BCUT2D eigenvalue weighted by molar-refractivity contribution is -0.140. The first-order valence-corrected chi connectivity index (χ1v) is 5.58. The fraction of sp³-hybridized carbons (Fsp3) is 0.833. The van der Waals surface area contributed by atoms with E-state index in [-0.39, 0.29) is 6.54 Å². The molecule has 0 bridgehead atoms. The molecule has 0 aliphatic carbocycles. The molecule has 0 saturated heterocycles. The largest absolute Gasteiger partial charge is 0.468 e. The Labute approximate surface area is 88.3 Å². The highest BCUT2D eigenvalue weighted by Gasteiger charge is 2.20. The van der Waals surface area contributed by atoms with Crippen molar-refractivity contribution in [2.75, 3.05) is 27.7 Å². The van der Waals surface area contributed by atoms with Gasteiger partial charge in [-0.2, -0.15) is 12.7 Å². The minimum Gasteiger partial charge on any atom is -0.468 e. The average molecular weight is 245 g/mol. The van der Waals surface area contributed by atoms with Gasteiger partial charge in [0.05, 0.1) is 7.11 Å². The van der Waals surface area contributed by atoms with Gasteiger partial charge in [0.25, 0.3) is 10.2 Å². The molecule has 0 aromatic heterocycles. The Morgan fingerprint density at radius 2 is 2.07 bits per heavy atom. The molecule has 14 heavy (non-hydrogen) atoms. The van der Waals surface area contributed by atoms with Gasteiger partial charge in [-0.15, -0.1) is 11.6 Å². The summed E-state index contributed by atoms with van der Waals surface area (Å²) in [4.78, 5) is 10.8. The number of carbonyl (C=O) groups excluding carboxylic acids is 1. The van der Waals surface area contributed by atoms with Crippen LogP contribution in [0.4, 0.5) is 0 Å². The lowest BCUT2D eigenvalue weighted by atomic mass is 10.4. The molecule has 0 aliphatic heterocycles. The molecule has 84 valence electrons. The molecule has 0 saturated carbocycles. The summed E-state index contributed by atoms with van der Waals surface area (Å²) in [6, 6.07) is 0. The highest BCUT2D eigenvalue weighted by Crippen LogP contribution is 1.98. The lowest BCUT2D eigenvalue weighted by Gasteiger charge is -2.13. The van der Waals surface area contributed by atoms with Crippen molar-refractivity contribution >= 4 is 27.8 Å². The maximum atomic E-state index is 11.1. The van der Waals surface area contributed by atoms with Gasteiger partial charge < -0.3 is 4.74 Å². The summed E-state index contributed by atoms with van der Waals surface area (Å²) in [6.45, 7) is -0.200. The normalized spacial score (nSPS) is 14.1. The number of hydrogen-bond donors (Lipinski definition) is 1. The Bertz CT molecular complexity index is 290. The second-order valence-corrected chi connectivity index (χ2v) is 5.12. The second kappa shape index (κ2) is 5.50. The SMILES string of the molecule is COC(=O)C(Cl)CNS(=O)(=O)N(C)C. The molecule has 0 aromatic rings. The lowest BCUT2D eigenvalue weighted by Crippen LogP contribution is -2.40. The molecule has 0 heterocycles. The standard InChI is InChI=1S/C6H13ClN2O4S/c1-9(2)14(11,12)8-4-5(7)6(10)13-3/h5,8H,4H2,1-3H3. The first-order chi connectivity index (χ1) is 6.31. The first kappa shape index (κ1) is 13.6. The van der Waals surface area contributed by atoms with E-state index >= 15 is 0 Å². The number of hydrogen-bond acceptors (Lipinski definition) is 4. The van der Waals surface area contributed by atoms with Crippen LogP contribution in [0.1, 0.15) is 0 Å². The number of carbonyl (C=O) groups is 1. The minimum absolute atomic E-state index is 0.200. The topological polar surface area (TPSA) is 75.7 Å². The average Bonchev–Trinajstić information content (AvgIpc) is 2.12. The summed E-state index contributed by atoms with van der Waals surface area (Å²) in [7, 11) is 0.364. The first-order valence-electron chi connectivity index (χ1n) is 3.70. The molecule has 0 amide bonds. The maximum Gasteiger partial charge on any atom is 0.325 e. The van der Waals surface area contributed by atoms with Gasteiger partial charge in [0.15, 0.2) is 0 Å². The van der Waals surface area contributed by atoms with E-state index in [1.54, 1.807) is 0 Å². The number of esters is 1. The van der Waals surface area contributed by atoms with Gasteiger partial charge in [0.2, 0.25) is 0 Å². The summed E-state index contributed by atoms with van der Waals surface area (Å²) in [6.07, 6.45) is 0. The Balaban J connectivity index is 4.14. The number of nitrogens with one attached hydrogen (secondary N) is 1. The van der Waals surface area contributed by atoms with Crippen LogP contribution in [0.5, 0.6) is 0 Å². The molecular formula is C6H13ClN2O4S. The van der Waals surface area contributed by atoms with E-state index in [9.17, 15) is 13.2 Å². The van der Waals surface area contributed by atoms with Crippen LogP contribution in [0.15, 0.2) is 0 Å². The van der Waals surface area contributed by atoms with Gasteiger partial charge in [0, 0.05) is 20.6 Å². The molecule has 0 aromatic carbocycles. The molecule has 8 heteroatoms. The summed E-state index contributed by atoms with van der Waals surface area (Å²) >= 11 is 5.52. The molecule has 0 rings (SSSR count). The highest BCUT2D eigenvalue weighted by atomic mass is 35.5. The molecule has 1 unspecified atom stereocenters. The van der Waals surface area contributed by atoms with Crippen molar-refractivity contribution in [3.05, 3.63) is 0 Å². The summed E-state index contributed by atoms with van der Waals surface area (Å²) in [5.74, 6) is -0.673. The quantitative estimate of drug-likeness (QED) is 0.506. The van der Waals surface area contributed by atoms with Crippen molar-refractivity contribution in [2.24, 2.45) is 0 Å². The third-order valence-corrected chi connectivity index (χ3v) is 3.21. The van der Waals surface area contributed by atoms with Crippen LogP contribution < -0.4 is 4.72 Å². The van der Waals surface area contributed by atoms with Crippen LogP contribution >= 0.6 is 11.6 Å². The zero-order valence-corrected chi connectivity index (χ0v) is 9.72. The molecular weight excluding hydrogens is 232 g/mol. The zero-order valence-electron chi connectivity index (χ0n) is 8.15. The van der Waals surface area contributed by atoms with E-state index in [1.165, 1.54) is 21.2 Å². The van der Waals surface area contributed by atoms with E-state index < -0.39 is 21.6 Å². The van der Waals surface area contributed by atoms with Crippen LogP contribution in [-0.4, -0.2) is 51.8 Å².